The fraction of sp³-hybridized carbons (Fsp3) is 0.273. The van der Waals surface area contributed by atoms with E-state index in [1.807, 2.05) is 6.92 Å². The Labute approximate surface area is 97.9 Å². The fourth-order valence-corrected chi connectivity index (χ4v) is 1.79. The van der Waals surface area contributed by atoms with Crippen LogP contribution in [-0.4, -0.2) is 11.6 Å². The maximum Gasteiger partial charge on any atom is 0.240 e. The second kappa shape index (κ2) is 4.50. The van der Waals surface area contributed by atoms with Crippen LogP contribution in [0.3, 0.4) is 0 Å². The molecule has 17 heavy (non-hydrogen) atoms. The van der Waals surface area contributed by atoms with Crippen LogP contribution in [0.1, 0.15) is 18.9 Å². The van der Waals surface area contributed by atoms with E-state index in [0.717, 1.165) is 0 Å². The largest absolute Gasteiger partial charge is 0.321 e. The Morgan fingerprint density at radius 3 is 2.94 bits per heavy atom. The Balaban J connectivity index is 2.34. The molecule has 1 amide bonds. The number of rotatable bonds is 2. The highest BCUT2D eigenvalue weighted by atomic mass is 19.1. The minimum atomic E-state index is -0.447. The Hall–Kier alpha value is -1.95. The SMILES string of the molecule is CC1CC(=O)NN=C1c1ccc(NN)c(F)c1. The zero-order chi connectivity index (χ0) is 12.4. The van der Waals surface area contributed by atoms with Gasteiger partial charge in [-0.15, -0.1) is 0 Å². The van der Waals surface area contributed by atoms with Gasteiger partial charge in [0.2, 0.25) is 5.91 Å². The molecule has 0 bridgehead atoms. The molecule has 0 spiro atoms. The summed E-state index contributed by atoms with van der Waals surface area (Å²) in [6.45, 7) is 1.88. The quantitative estimate of drug-likeness (QED) is 0.529. The number of amides is 1. The van der Waals surface area contributed by atoms with E-state index in [-0.39, 0.29) is 17.5 Å². The van der Waals surface area contributed by atoms with Gasteiger partial charge in [0, 0.05) is 17.9 Å². The first kappa shape index (κ1) is 11.5. The van der Waals surface area contributed by atoms with Crippen molar-refractivity contribution < 1.29 is 9.18 Å². The number of hydrazine groups is 1. The molecule has 0 saturated carbocycles. The monoisotopic (exact) mass is 236 g/mol. The van der Waals surface area contributed by atoms with Gasteiger partial charge < -0.3 is 5.43 Å². The van der Waals surface area contributed by atoms with Gasteiger partial charge in [-0.1, -0.05) is 13.0 Å². The summed E-state index contributed by atoms with van der Waals surface area (Å²) in [7, 11) is 0. The number of halogens is 1. The highest BCUT2D eigenvalue weighted by Gasteiger charge is 2.22. The standard InChI is InChI=1S/C11H13FN4O/c1-6-4-10(17)15-16-11(6)7-2-3-9(14-13)8(12)5-7/h2-3,5-6,14H,4,13H2,1H3,(H,15,17). The lowest BCUT2D eigenvalue weighted by Crippen LogP contribution is -2.32. The Bertz CT molecular complexity index is 486. The molecular formula is C11H13FN4O. The van der Waals surface area contributed by atoms with Crippen molar-refractivity contribution in [3.05, 3.63) is 29.6 Å². The second-order valence-corrected chi connectivity index (χ2v) is 3.98. The van der Waals surface area contributed by atoms with Crippen molar-refractivity contribution in [3.63, 3.8) is 0 Å². The highest BCUT2D eigenvalue weighted by Crippen LogP contribution is 2.20. The molecule has 1 aliphatic rings. The van der Waals surface area contributed by atoms with Crippen LogP contribution < -0.4 is 16.7 Å². The van der Waals surface area contributed by atoms with Crippen molar-refractivity contribution in [2.45, 2.75) is 13.3 Å². The third kappa shape index (κ3) is 2.26. The van der Waals surface area contributed by atoms with E-state index < -0.39 is 5.82 Å². The molecule has 5 nitrogen and oxygen atoms in total. The molecule has 1 heterocycles. The maximum atomic E-state index is 13.5. The lowest BCUT2D eigenvalue weighted by atomic mass is 9.94. The van der Waals surface area contributed by atoms with Gasteiger partial charge in [0.1, 0.15) is 5.82 Å². The van der Waals surface area contributed by atoms with Crippen molar-refractivity contribution in [1.29, 1.82) is 0 Å². The number of nitrogens with two attached hydrogens (primary N) is 1. The van der Waals surface area contributed by atoms with E-state index in [0.29, 0.717) is 17.7 Å². The van der Waals surface area contributed by atoms with E-state index in [4.69, 9.17) is 5.84 Å². The first-order valence-electron chi connectivity index (χ1n) is 5.24. The van der Waals surface area contributed by atoms with Gasteiger partial charge in [-0.05, 0) is 12.1 Å². The molecule has 1 unspecified atom stereocenters. The summed E-state index contributed by atoms with van der Waals surface area (Å²) in [6, 6.07) is 4.60. The number of anilines is 1. The minimum Gasteiger partial charge on any atom is -0.321 e. The molecule has 1 aromatic rings. The number of benzene rings is 1. The zero-order valence-electron chi connectivity index (χ0n) is 9.33. The first-order chi connectivity index (χ1) is 8.11. The third-order valence-electron chi connectivity index (χ3n) is 2.68. The van der Waals surface area contributed by atoms with Gasteiger partial charge in [0.25, 0.3) is 0 Å². The molecule has 0 fully saturated rings. The van der Waals surface area contributed by atoms with Crippen molar-refractivity contribution in [2.75, 3.05) is 5.43 Å². The molecule has 0 radical (unpaired) electrons. The molecular weight excluding hydrogens is 223 g/mol. The van der Waals surface area contributed by atoms with Crippen LogP contribution >= 0.6 is 0 Å². The summed E-state index contributed by atoms with van der Waals surface area (Å²) in [6.07, 6.45) is 0.358. The van der Waals surface area contributed by atoms with Gasteiger partial charge >= 0.3 is 0 Å². The first-order valence-corrected chi connectivity index (χ1v) is 5.24. The number of nitrogens with one attached hydrogen (secondary N) is 2. The summed E-state index contributed by atoms with van der Waals surface area (Å²) < 4.78 is 13.5. The highest BCUT2D eigenvalue weighted by molar-refractivity contribution is 6.05. The molecule has 2 rings (SSSR count). The summed E-state index contributed by atoms with van der Waals surface area (Å²) in [5, 5.41) is 3.96. The molecule has 6 heteroatoms. The second-order valence-electron chi connectivity index (χ2n) is 3.98. The third-order valence-corrected chi connectivity index (χ3v) is 2.68. The number of carbonyl (C=O) groups excluding carboxylic acids is 1. The summed E-state index contributed by atoms with van der Waals surface area (Å²) in [4.78, 5) is 11.1. The van der Waals surface area contributed by atoms with E-state index in [2.05, 4.69) is 16.0 Å². The Morgan fingerprint density at radius 1 is 1.59 bits per heavy atom. The number of hydrazone groups is 1. The predicted molar refractivity (Wildman–Crippen MR) is 62.7 cm³/mol. The van der Waals surface area contributed by atoms with Crippen LogP contribution in [0.5, 0.6) is 0 Å². The van der Waals surface area contributed by atoms with Crippen LogP contribution in [0.25, 0.3) is 0 Å². The van der Waals surface area contributed by atoms with Gasteiger partial charge in [-0.3, -0.25) is 10.6 Å². The van der Waals surface area contributed by atoms with Gasteiger partial charge in [-0.2, -0.15) is 5.10 Å². The van der Waals surface area contributed by atoms with Crippen molar-refractivity contribution >= 4 is 17.3 Å². The average Bonchev–Trinajstić information content (AvgIpc) is 2.29. The van der Waals surface area contributed by atoms with E-state index in [1.54, 1.807) is 6.07 Å². The van der Waals surface area contributed by atoms with E-state index >= 15 is 0 Å². The fourth-order valence-electron chi connectivity index (χ4n) is 1.79. The summed E-state index contributed by atoms with van der Waals surface area (Å²) in [5.41, 5.74) is 6.20. The number of hydrogen-bond acceptors (Lipinski definition) is 4. The van der Waals surface area contributed by atoms with Gasteiger partial charge in [0.15, 0.2) is 0 Å². The number of carbonyl (C=O) groups is 1. The minimum absolute atomic E-state index is 0.0279. The topological polar surface area (TPSA) is 79.5 Å². The zero-order valence-corrected chi connectivity index (χ0v) is 9.33. The molecule has 1 aliphatic heterocycles. The lowest BCUT2D eigenvalue weighted by molar-refractivity contribution is -0.121. The van der Waals surface area contributed by atoms with E-state index in [1.165, 1.54) is 12.1 Å². The average molecular weight is 236 g/mol. The van der Waals surface area contributed by atoms with Crippen LogP contribution in [0, 0.1) is 11.7 Å². The van der Waals surface area contributed by atoms with Crippen LogP contribution in [0.15, 0.2) is 23.3 Å². The van der Waals surface area contributed by atoms with Crippen molar-refractivity contribution in [1.82, 2.24) is 5.43 Å². The molecule has 0 aliphatic carbocycles. The summed E-state index contributed by atoms with van der Waals surface area (Å²) in [5.74, 6) is 4.55. The number of nitrogens with zero attached hydrogens (tertiary/aromatic N) is 1. The maximum absolute atomic E-state index is 13.5. The Morgan fingerprint density at radius 2 is 2.35 bits per heavy atom. The van der Waals surface area contributed by atoms with Gasteiger partial charge in [-0.25, -0.2) is 9.82 Å². The van der Waals surface area contributed by atoms with Crippen LogP contribution in [0.4, 0.5) is 10.1 Å². The molecule has 0 saturated heterocycles. The Kier molecular flexibility index (Phi) is 3.06. The number of nitrogen functional groups attached to an aromatic ring is 1. The molecule has 1 aromatic carbocycles. The van der Waals surface area contributed by atoms with Crippen LogP contribution in [0.2, 0.25) is 0 Å². The van der Waals surface area contributed by atoms with Crippen molar-refractivity contribution in [2.24, 2.45) is 16.9 Å². The molecule has 0 aromatic heterocycles. The van der Waals surface area contributed by atoms with Crippen LogP contribution in [-0.2, 0) is 4.79 Å². The van der Waals surface area contributed by atoms with E-state index in [9.17, 15) is 9.18 Å². The number of hydrogen-bond donors (Lipinski definition) is 3. The molecule has 4 N–H and O–H groups in total. The normalized spacial score (nSPS) is 19.6. The lowest BCUT2D eigenvalue weighted by Gasteiger charge is -2.19. The molecule has 90 valence electrons. The molecule has 1 atom stereocenters. The van der Waals surface area contributed by atoms with Gasteiger partial charge in [0.05, 0.1) is 11.4 Å². The van der Waals surface area contributed by atoms with Crippen molar-refractivity contribution in [3.8, 4) is 0 Å². The smallest absolute Gasteiger partial charge is 0.240 e. The predicted octanol–water partition coefficient (Wildman–Crippen LogP) is 0.971. The summed E-state index contributed by atoms with van der Waals surface area (Å²) >= 11 is 0.